The van der Waals surface area contributed by atoms with Crippen molar-refractivity contribution in [2.24, 2.45) is 0 Å². The van der Waals surface area contributed by atoms with Crippen molar-refractivity contribution in [2.75, 3.05) is 13.7 Å². The number of hydrogen-bond donors (Lipinski definition) is 0. The van der Waals surface area contributed by atoms with Crippen LogP contribution in [0.2, 0.25) is 0 Å². The minimum absolute atomic E-state index is 0.435. The number of nitrogens with zero attached hydrogens (tertiary/aromatic N) is 2. The Morgan fingerprint density at radius 2 is 1.74 bits per heavy atom. The molecule has 34 heavy (non-hydrogen) atoms. The summed E-state index contributed by atoms with van der Waals surface area (Å²) in [6.07, 6.45) is 5.94. The molecule has 0 atom stereocenters. The summed E-state index contributed by atoms with van der Waals surface area (Å²) in [6.45, 7) is 5.99. The number of ether oxygens (including phenoxy) is 3. The molecule has 5 nitrogen and oxygen atoms in total. The Bertz CT molecular complexity index is 1240. The molecule has 1 aromatic heterocycles. The first-order valence-corrected chi connectivity index (χ1v) is 11.7. The van der Waals surface area contributed by atoms with Crippen LogP contribution in [-0.2, 0) is 13.2 Å². The zero-order valence-electron chi connectivity index (χ0n) is 20.2. The predicted molar refractivity (Wildman–Crippen MR) is 138 cm³/mol. The van der Waals surface area contributed by atoms with Gasteiger partial charge < -0.3 is 18.8 Å². The summed E-state index contributed by atoms with van der Waals surface area (Å²) < 4.78 is 19.8. The standard InChI is InChI=1S/C29H32N2O3/c1-4-9-23-14-17-27(28(20-23)32-3)33-19-8-7-18-31-26-11-6-5-10-25(26)30-29(31)21-34-24-15-12-22(2)13-16-24/h4-6,9-17,20H,7-8,18-19,21H2,1-3H3/b9-4+. The fraction of sp³-hybridized carbons (Fsp3) is 0.276. The van der Waals surface area contributed by atoms with Crippen LogP contribution in [0.15, 0.2) is 72.8 Å². The lowest BCUT2D eigenvalue weighted by molar-refractivity contribution is 0.278. The monoisotopic (exact) mass is 456 g/mol. The van der Waals surface area contributed by atoms with Crippen LogP contribution in [-0.4, -0.2) is 23.3 Å². The lowest BCUT2D eigenvalue weighted by Crippen LogP contribution is -2.09. The molecule has 0 unspecified atom stereocenters. The topological polar surface area (TPSA) is 45.5 Å². The number of aryl methyl sites for hydroxylation is 2. The zero-order valence-corrected chi connectivity index (χ0v) is 20.2. The highest BCUT2D eigenvalue weighted by molar-refractivity contribution is 5.75. The molecule has 0 aliphatic carbocycles. The second-order valence-corrected chi connectivity index (χ2v) is 8.24. The largest absolute Gasteiger partial charge is 0.493 e. The van der Waals surface area contributed by atoms with E-state index in [-0.39, 0.29) is 0 Å². The van der Waals surface area contributed by atoms with Crippen molar-refractivity contribution in [3.63, 3.8) is 0 Å². The molecule has 0 aliphatic rings. The van der Waals surface area contributed by atoms with E-state index in [1.807, 2.05) is 61.5 Å². The van der Waals surface area contributed by atoms with E-state index in [4.69, 9.17) is 19.2 Å². The highest BCUT2D eigenvalue weighted by Crippen LogP contribution is 2.29. The van der Waals surface area contributed by atoms with Gasteiger partial charge in [0.1, 0.15) is 18.2 Å². The molecule has 0 amide bonds. The van der Waals surface area contributed by atoms with Crippen molar-refractivity contribution in [2.45, 2.75) is 39.8 Å². The zero-order chi connectivity index (χ0) is 23.8. The molecule has 3 aromatic carbocycles. The number of imidazole rings is 1. The Balaban J connectivity index is 1.36. The molecule has 1 heterocycles. The summed E-state index contributed by atoms with van der Waals surface area (Å²) in [5.74, 6) is 3.32. The highest BCUT2D eigenvalue weighted by atomic mass is 16.5. The van der Waals surface area contributed by atoms with Gasteiger partial charge in [0.15, 0.2) is 11.5 Å². The minimum atomic E-state index is 0.435. The van der Waals surface area contributed by atoms with E-state index in [0.717, 1.165) is 59.1 Å². The van der Waals surface area contributed by atoms with Gasteiger partial charge in [-0.1, -0.05) is 48.0 Å². The maximum absolute atomic E-state index is 6.03. The molecule has 176 valence electrons. The summed E-state index contributed by atoms with van der Waals surface area (Å²) in [7, 11) is 1.67. The van der Waals surface area contributed by atoms with Gasteiger partial charge in [-0.3, -0.25) is 0 Å². The van der Waals surface area contributed by atoms with Crippen molar-refractivity contribution < 1.29 is 14.2 Å². The van der Waals surface area contributed by atoms with Crippen molar-refractivity contribution >= 4 is 17.1 Å². The second-order valence-electron chi connectivity index (χ2n) is 8.24. The Kier molecular flexibility index (Phi) is 7.87. The van der Waals surface area contributed by atoms with Gasteiger partial charge in [0, 0.05) is 6.54 Å². The average Bonchev–Trinajstić information content (AvgIpc) is 3.21. The number of aromatic nitrogens is 2. The van der Waals surface area contributed by atoms with Crippen LogP contribution in [0.5, 0.6) is 17.2 Å². The van der Waals surface area contributed by atoms with E-state index >= 15 is 0 Å². The van der Waals surface area contributed by atoms with E-state index in [2.05, 4.69) is 35.8 Å². The number of para-hydroxylation sites is 2. The number of benzene rings is 3. The van der Waals surface area contributed by atoms with Crippen LogP contribution in [0, 0.1) is 6.92 Å². The summed E-state index contributed by atoms with van der Waals surface area (Å²) >= 11 is 0. The number of methoxy groups -OCH3 is 1. The quantitative estimate of drug-likeness (QED) is 0.232. The van der Waals surface area contributed by atoms with Gasteiger partial charge in [-0.05, 0) is 68.7 Å². The molecule has 0 fully saturated rings. The lowest BCUT2D eigenvalue weighted by Gasteiger charge is -2.13. The van der Waals surface area contributed by atoms with Crippen LogP contribution in [0.4, 0.5) is 0 Å². The van der Waals surface area contributed by atoms with Gasteiger partial charge in [-0.15, -0.1) is 0 Å². The molecule has 0 radical (unpaired) electrons. The highest BCUT2D eigenvalue weighted by Gasteiger charge is 2.11. The Hall–Kier alpha value is -3.73. The number of rotatable bonds is 11. The first kappa shape index (κ1) is 23.4. The fourth-order valence-electron chi connectivity index (χ4n) is 3.92. The third kappa shape index (κ3) is 5.79. The normalized spacial score (nSPS) is 11.3. The molecule has 0 aliphatic heterocycles. The average molecular weight is 457 g/mol. The van der Waals surface area contributed by atoms with Gasteiger partial charge in [-0.2, -0.15) is 0 Å². The molecule has 0 saturated heterocycles. The van der Waals surface area contributed by atoms with Gasteiger partial charge in [0.2, 0.25) is 0 Å². The molecule has 4 aromatic rings. The van der Waals surface area contributed by atoms with E-state index in [1.165, 1.54) is 5.56 Å². The van der Waals surface area contributed by atoms with Crippen LogP contribution in [0.3, 0.4) is 0 Å². The van der Waals surface area contributed by atoms with Gasteiger partial charge in [-0.25, -0.2) is 4.98 Å². The number of unbranched alkanes of at least 4 members (excludes halogenated alkanes) is 1. The molecule has 0 N–H and O–H groups in total. The van der Waals surface area contributed by atoms with Gasteiger partial charge in [0.25, 0.3) is 0 Å². The van der Waals surface area contributed by atoms with E-state index in [9.17, 15) is 0 Å². The first-order valence-electron chi connectivity index (χ1n) is 11.7. The third-order valence-electron chi connectivity index (χ3n) is 5.70. The smallest absolute Gasteiger partial charge is 0.161 e. The van der Waals surface area contributed by atoms with E-state index in [1.54, 1.807) is 7.11 Å². The Morgan fingerprint density at radius 1 is 0.912 bits per heavy atom. The van der Waals surface area contributed by atoms with Crippen LogP contribution in [0.1, 0.15) is 36.7 Å². The Morgan fingerprint density at radius 3 is 2.53 bits per heavy atom. The summed E-state index contributed by atoms with van der Waals surface area (Å²) in [5.41, 5.74) is 4.44. The van der Waals surface area contributed by atoms with Crippen LogP contribution < -0.4 is 14.2 Å². The first-order chi connectivity index (χ1) is 16.7. The maximum atomic E-state index is 6.03. The molecule has 5 heteroatoms. The predicted octanol–water partition coefficient (Wildman–Crippen LogP) is 6.82. The maximum Gasteiger partial charge on any atom is 0.161 e. The van der Waals surface area contributed by atoms with Crippen molar-refractivity contribution in [3.05, 3.63) is 89.8 Å². The molecule has 4 rings (SSSR count). The molecule has 0 saturated carbocycles. The van der Waals surface area contributed by atoms with E-state index < -0.39 is 0 Å². The van der Waals surface area contributed by atoms with Crippen molar-refractivity contribution in [3.8, 4) is 17.2 Å². The molecule has 0 spiro atoms. The second kappa shape index (κ2) is 11.4. The lowest BCUT2D eigenvalue weighted by atomic mass is 10.2. The van der Waals surface area contributed by atoms with Crippen LogP contribution in [0.25, 0.3) is 17.1 Å². The SMILES string of the molecule is C/C=C/c1ccc(OCCCCn2c(COc3ccc(C)cc3)nc3ccccc32)c(OC)c1. The van der Waals surface area contributed by atoms with E-state index in [0.29, 0.717) is 13.2 Å². The van der Waals surface area contributed by atoms with Crippen LogP contribution >= 0.6 is 0 Å². The van der Waals surface area contributed by atoms with Gasteiger partial charge >= 0.3 is 0 Å². The summed E-state index contributed by atoms with van der Waals surface area (Å²) in [6, 6.07) is 22.4. The number of hydrogen-bond acceptors (Lipinski definition) is 4. The molecular weight excluding hydrogens is 424 g/mol. The third-order valence-corrected chi connectivity index (χ3v) is 5.70. The fourth-order valence-corrected chi connectivity index (χ4v) is 3.92. The minimum Gasteiger partial charge on any atom is -0.493 e. The van der Waals surface area contributed by atoms with Crippen molar-refractivity contribution in [1.29, 1.82) is 0 Å². The summed E-state index contributed by atoms with van der Waals surface area (Å²) in [5, 5.41) is 0. The molecule has 0 bridgehead atoms. The Labute approximate surface area is 201 Å². The summed E-state index contributed by atoms with van der Waals surface area (Å²) in [4.78, 5) is 4.82. The number of fused-ring (bicyclic) bond motifs is 1. The number of allylic oxidation sites excluding steroid dienone is 1. The molecular formula is C29H32N2O3. The van der Waals surface area contributed by atoms with Crippen molar-refractivity contribution in [1.82, 2.24) is 9.55 Å². The van der Waals surface area contributed by atoms with Gasteiger partial charge in [0.05, 0.1) is 24.8 Å².